The van der Waals surface area contributed by atoms with E-state index in [1.54, 1.807) is 32.4 Å². The summed E-state index contributed by atoms with van der Waals surface area (Å²) in [5.41, 5.74) is 1.79. The van der Waals surface area contributed by atoms with Crippen LogP contribution < -0.4 is 14.2 Å². The van der Waals surface area contributed by atoms with Crippen molar-refractivity contribution < 1.29 is 24.1 Å². The number of hydrogen-bond donors (Lipinski definition) is 2. The number of hydrogen-bond acceptors (Lipinski definition) is 4. The number of carboxylic acids is 1. The lowest BCUT2D eigenvalue weighted by Crippen LogP contribution is -1.98. The second-order valence-corrected chi connectivity index (χ2v) is 5.22. The topological polar surface area (TPSA) is 80.8 Å². The minimum Gasteiger partial charge on any atom is -0.497 e. The SMILES string of the molecule is COc1ccc(COc2cc3cc(C(=O)O)[nH]c3cc2OC)cc1. The summed E-state index contributed by atoms with van der Waals surface area (Å²) in [5, 5.41) is 9.82. The Kier molecular flexibility index (Phi) is 4.29. The molecule has 0 unspecified atom stereocenters. The zero-order valence-corrected chi connectivity index (χ0v) is 13.3. The van der Waals surface area contributed by atoms with Crippen molar-refractivity contribution in [2.75, 3.05) is 14.2 Å². The highest BCUT2D eigenvalue weighted by Crippen LogP contribution is 2.33. The molecule has 2 aromatic carbocycles. The first-order valence-electron chi connectivity index (χ1n) is 7.30. The molecule has 0 aliphatic carbocycles. The van der Waals surface area contributed by atoms with Crippen LogP contribution in [0.5, 0.6) is 17.2 Å². The van der Waals surface area contributed by atoms with E-state index in [2.05, 4.69) is 4.98 Å². The Balaban J connectivity index is 1.85. The predicted molar refractivity (Wildman–Crippen MR) is 89.1 cm³/mol. The fraction of sp³-hybridized carbons (Fsp3) is 0.167. The standard InChI is InChI=1S/C18H17NO5/c1-22-13-5-3-11(4-6-13)10-24-17-8-12-7-15(18(20)21)19-14(12)9-16(17)23-2/h3-9,19H,10H2,1-2H3,(H,20,21). The summed E-state index contributed by atoms with van der Waals surface area (Å²) in [4.78, 5) is 13.9. The summed E-state index contributed by atoms with van der Waals surface area (Å²) in [7, 11) is 3.16. The van der Waals surface area contributed by atoms with E-state index in [1.165, 1.54) is 0 Å². The van der Waals surface area contributed by atoms with Crippen LogP contribution in [-0.4, -0.2) is 30.3 Å². The summed E-state index contributed by atoms with van der Waals surface area (Å²) in [5.74, 6) is 0.865. The molecule has 0 spiro atoms. The fourth-order valence-electron chi connectivity index (χ4n) is 2.41. The number of ether oxygens (including phenoxy) is 3. The molecule has 1 heterocycles. The van der Waals surface area contributed by atoms with Crippen molar-refractivity contribution in [1.29, 1.82) is 0 Å². The van der Waals surface area contributed by atoms with E-state index in [1.807, 2.05) is 24.3 Å². The van der Waals surface area contributed by atoms with E-state index >= 15 is 0 Å². The van der Waals surface area contributed by atoms with Gasteiger partial charge in [0.2, 0.25) is 0 Å². The second kappa shape index (κ2) is 6.54. The van der Waals surface area contributed by atoms with Crippen LogP contribution in [-0.2, 0) is 6.61 Å². The van der Waals surface area contributed by atoms with Crippen LogP contribution in [0, 0.1) is 0 Å². The number of aromatic amines is 1. The van der Waals surface area contributed by atoms with Gasteiger partial charge in [-0.1, -0.05) is 12.1 Å². The quantitative estimate of drug-likeness (QED) is 0.724. The van der Waals surface area contributed by atoms with E-state index < -0.39 is 5.97 Å². The molecule has 1 aromatic heterocycles. The summed E-state index contributed by atoms with van der Waals surface area (Å²) in [6.07, 6.45) is 0. The van der Waals surface area contributed by atoms with Crippen LogP contribution in [0.25, 0.3) is 10.9 Å². The van der Waals surface area contributed by atoms with Gasteiger partial charge in [-0.25, -0.2) is 4.79 Å². The first-order valence-corrected chi connectivity index (χ1v) is 7.30. The lowest BCUT2D eigenvalue weighted by molar-refractivity contribution is 0.0691. The Labute approximate surface area is 138 Å². The van der Waals surface area contributed by atoms with Crippen molar-refractivity contribution in [3.05, 3.63) is 53.7 Å². The molecule has 0 aliphatic rings. The van der Waals surface area contributed by atoms with Crippen LogP contribution in [0.4, 0.5) is 0 Å². The minimum atomic E-state index is -1.01. The van der Waals surface area contributed by atoms with Crippen molar-refractivity contribution in [2.24, 2.45) is 0 Å². The molecule has 0 bridgehead atoms. The number of benzene rings is 2. The molecule has 3 rings (SSSR count). The van der Waals surface area contributed by atoms with Gasteiger partial charge in [-0.15, -0.1) is 0 Å². The largest absolute Gasteiger partial charge is 0.497 e. The molecule has 3 aromatic rings. The van der Waals surface area contributed by atoms with Crippen molar-refractivity contribution in [3.63, 3.8) is 0 Å². The summed E-state index contributed by atoms with van der Waals surface area (Å²) < 4.78 is 16.3. The van der Waals surface area contributed by atoms with Gasteiger partial charge in [0.15, 0.2) is 11.5 Å². The van der Waals surface area contributed by atoms with Crippen molar-refractivity contribution >= 4 is 16.9 Å². The Morgan fingerprint density at radius 2 is 1.79 bits per heavy atom. The molecule has 0 radical (unpaired) electrons. The lowest BCUT2D eigenvalue weighted by Gasteiger charge is -2.11. The van der Waals surface area contributed by atoms with Gasteiger partial charge in [0, 0.05) is 11.5 Å². The van der Waals surface area contributed by atoms with E-state index in [9.17, 15) is 4.79 Å². The molecule has 24 heavy (non-hydrogen) atoms. The van der Waals surface area contributed by atoms with Crippen LogP contribution in [0.3, 0.4) is 0 Å². The smallest absolute Gasteiger partial charge is 0.352 e. The highest BCUT2D eigenvalue weighted by atomic mass is 16.5. The van der Waals surface area contributed by atoms with Gasteiger partial charge >= 0.3 is 5.97 Å². The molecular weight excluding hydrogens is 310 g/mol. The summed E-state index contributed by atoms with van der Waals surface area (Å²) >= 11 is 0. The third kappa shape index (κ3) is 3.12. The fourth-order valence-corrected chi connectivity index (χ4v) is 2.41. The molecule has 0 saturated carbocycles. The average Bonchev–Trinajstić information content (AvgIpc) is 3.02. The van der Waals surface area contributed by atoms with E-state index in [-0.39, 0.29) is 5.69 Å². The number of nitrogens with one attached hydrogen (secondary N) is 1. The molecule has 6 heteroatoms. The Morgan fingerprint density at radius 1 is 1.04 bits per heavy atom. The number of rotatable bonds is 6. The molecule has 2 N–H and O–H groups in total. The Morgan fingerprint density at radius 3 is 2.42 bits per heavy atom. The zero-order valence-electron chi connectivity index (χ0n) is 13.3. The second-order valence-electron chi connectivity index (χ2n) is 5.22. The van der Waals surface area contributed by atoms with Crippen LogP contribution in [0.2, 0.25) is 0 Å². The molecule has 6 nitrogen and oxygen atoms in total. The molecule has 0 fully saturated rings. The number of carboxylic acid groups (broad SMARTS) is 1. The maximum absolute atomic E-state index is 11.1. The van der Waals surface area contributed by atoms with Crippen molar-refractivity contribution in [1.82, 2.24) is 4.98 Å². The molecule has 0 saturated heterocycles. The van der Waals surface area contributed by atoms with Gasteiger partial charge in [0.05, 0.1) is 19.7 Å². The van der Waals surface area contributed by atoms with E-state index in [0.29, 0.717) is 23.6 Å². The summed E-state index contributed by atoms with van der Waals surface area (Å²) in [6, 6.07) is 12.6. The Bertz CT molecular complexity index is 867. The van der Waals surface area contributed by atoms with Gasteiger partial charge in [0.1, 0.15) is 18.1 Å². The van der Waals surface area contributed by atoms with E-state index in [0.717, 1.165) is 16.7 Å². The Hall–Kier alpha value is -3.15. The predicted octanol–water partition coefficient (Wildman–Crippen LogP) is 3.46. The van der Waals surface area contributed by atoms with Crippen LogP contribution in [0.15, 0.2) is 42.5 Å². The zero-order chi connectivity index (χ0) is 17.1. The highest BCUT2D eigenvalue weighted by molar-refractivity contribution is 5.94. The van der Waals surface area contributed by atoms with Crippen molar-refractivity contribution in [3.8, 4) is 17.2 Å². The molecule has 0 aliphatic heterocycles. The van der Waals surface area contributed by atoms with E-state index in [4.69, 9.17) is 19.3 Å². The monoisotopic (exact) mass is 327 g/mol. The third-order valence-electron chi connectivity index (χ3n) is 3.69. The number of fused-ring (bicyclic) bond motifs is 1. The third-order valence-corrected chi connectivity index (χ3v) is 3.69. The van der Waals surface area contributed by atoms with Gasteiger partial charge in [-0.2, -0.15) is 0 Å². The first kappa shape index (κ1) is 15.7. The summed E-state index contributed by atoms with van der Waals surface area (Å²) in [6.45, 7) is 0.363. The molecule has 124 valence electrons. The lowest BCUT2D eigenvalue weighted by atomic mass is 10.2. The van der Waals surface area contributed by atoms with Crippen molar-refractivity contribution in [2.45, 2.75) is 6.61 Å². The number of methoxy groups -OCH3 is 2. The van der Waals surface area contributed by atoms with Crippen LogP contribution >= 0.6 is 0 Å². The highest BCUT2D eigenvalue weighted by Gasteiger charge is 2.12. The number of aromatic carboxylic acids is 1. The average molecular weight is 327 g/mol. The maximum Gasteiger partial charge on any atom is 0.352 e. The maximum atomic E-state index is 11.1. The molecule has 0 amide bonds. The molecule has 0 atom stereocenters. The van der Waals surface area contributed by atoms with Gasteiger partial charge in [-0.05, 0) is 29.8 Å². The van der Waals surface area contributed by atoms with Crippen LogP contribution in [0.1, 0.15) is 16.1 Å². The van der Waals surface area contributed by atoms with Gasteiger partial charge < -0.3 is 24.3 Å². The number of carbonyl (C=O) groups is 1. The first-order chi connectivity index (χ1) is 11.6. The minimum absolute atomic E-state index is 0.124. The molecular formula is C18H17NO5. The number of aromatic nitrogens is 1. The van der Waals surface area contributed by atoms with Gasteiger partial charge in [0.25, 0.3) is 0 Å². The normalized spacial score (nSPS) is 10.6. The van der Waals surface area contributed by atoms with Gasteiger partial charge in [-0.3, -0.25) is 0 Å². The number of H-pyrrole nitrogens is 1.